The number of aromatic nitrogens is 2. The highest BCUT2D eigenvalue weighted by atomic mass is 19.1. The first-order valence-corrected chi connectivity index (χ1v) is 7.06. The van der Waals surface area contributed by atoms with Crippen molar-refractivity contribution in [3.8, 4) is 0 Å². The number of hydrogen-bond acceptors (Lipinski definition) is 5. The van der Waals surface area contributed by atoms with E-state index in [1.54, 1.807) is 12.1 Å². The highest BCUT2D eigenvalue weighted by Crippen LogP contribution is 2.25. The van der Waals surface area contributed by atoms with Gasteiger partial charge in [0.1, 0.15) is 11.5 Å². The fourth-order valence-corrected chi connectivity index (χ4v) is 2.17. The number of carboxylic acid groups (broad SMARTS) is 1. The van der Waals surface area contributed by atoms with Crippen LogP contribution in [0.15, 0.2) is 52.8 Å². The van der Waals surface area contributed by atoms with Gasteiger partial charge in [-0.25, -0.2) is 14.2 Å². The number of halogens is 1. The van der Waals surface area contributed by atoms with Crippen LogP contribution < -0.4 is 4.90 Å². The summed E-state index contributed by atoms with van der Waals surface area (Å²) in [6.45, 7) is 0. The second-order valence-electron chi connectivity index (χ2n) is 5.28. The first-order chi connectivity index (χ1) is 11.5. The molecule has 0 radical (unpaired) electrons. The molecule has 7 nitrogen and oxygen atoms in total. The number of nitrogens with zero attached hydrogens (tertiary/aromatic N) is 5. The number of hydrogen-bond donors (Lipinski definition) is 1. The summed E-state index contributed by atoms with van der Waals surface area (Å²) >= 11 is 0. The molecule has 2 heterocycles. The highest BCUT2D eigenvalue weighted by Gasteiger charge is 2.18. The number of azo groups is 1. The molecule has 1 aromatic carbocycles. The summed E-state index contributed by atoms with van der Waals surface area (Å²) in [5.74, 6) is -1.81. The molecule has 0 amide bonds. The van der Waals surface area contributed by atoms with E-state index in [4.69, 9.17) is 0 Å². The van der Waals surface area contributed by atoms with Crippen LogP contribution in [0.2, 0.25) is 0 Å². The largest absolute Gasteiger partial charge is 0.476 e. The minimum absolute atomic E-state index is 0.0336. The SMILES string of the molecule is CN(C)c1ccc(N=Nc2c(C(=O)O)nc3ccc(F)cn23)cc1. The maximum Gasteiger partial charge on any atom is 0.358 e. The molecule has 0 aliphatic heterocycles. The maximum atomic E-state index is 13.4. The number of rotatable bonds is 4. The third kappa shape index (κ3) is 2.94. The lowest BCUT2D eigenvalue weighted by molar-refractivity contribution is 0.0692. The van der Waals surface area contributed by atoms with E-state index in [1.807, 2.05) is 31.1 Å². The molecule has 0 saturated heterocycles. The van der Waals surface area contributed by atoms with Crippen molar-refractivity contribution >= 4 is 28.8 Å². The summed E-state index contributed by atoms with van der Waals surface area (Å²) in [5.41, 5.74) is 1.54. The molecule has 0 aliphatic rings. The summed E-state index contributed by atoms with van der Waals surface area (Å²) in [6.07, 6.45) is 1.12. The zero-order valence-corrected chi connectivity index (χ0v) is 13.0. The molecule has 3 rings (SSSR count). The topological polar surface area (TPSA) is 82.6 Å². The van der Waals surface area contributed by atoms with Crippen LogP contribution in [-0.4, -0.2) is 34.6 Å². The summed E-state index contributed by atoms with van der Waals surface area (Å²) in [7, 11) is 3.84. The third-order valence-corrected chi connectivity index (χ3v) is 3.39. The van der Waals surface area contributed by atoms with Gasteiger partial charge in [0.05, 0.1) is 5.69 Å². The summed E-state index contributed by atoms with van der Waals surface area (Å²) < 4.78 is 14.7. The molecular weight excluding hydrogens is 313 g/mol. The minimum atomic E-state index is -1.25. The quantitative estimate of drug-likeness (QED) is 0.741. The number of pyridine rings is 1. The molecular formula is C16H14FN5O2. The van der Waals surface area contributed by atoms with E-state index >= 15 is 0 Å². The Morgan fingerprint density at radius 1 is 1.17 bits per heavy atom. The summed E-state index contributed by atoms with van der Waals surface area (Å²) in [6, 6.07) is 9.81. The Labute approximate surface area is 136 Å². The Hall–Kier alpha value is -3.29. The van der Waals surface area contributed by atoms with Gasteiger partial charge in [-0.05, 0) is 36.4 Å². The second-order valence-corrected chi connectivity index (χ2v) is 5.28. The lowest BCUT2D eigenvalue weighted by Crippen LogP contribution is -2.07. The van der Waals surface area contributed by atoms with E-state index in [1.165, 1.54) is 16.5 Å². The number of benzene rings is 1. The van der Waals surface area contributed by atoms with Crippen molar-refractivity contribution in [2.45, 2.75) is 0 Å². The first-order valence-electron chi connectivity index (χ1n) is 7.06. The van der Waals surface area contributed by atoms with Crippen LogP contribution in [0.4, 0.5) is 21.6 Å². The van der Waals surface area contributed by atoms with Crippen LogP contribution >= 0.6 is 0 Å². The van der Waals surface area contributed by atoms with Crippen LogP contribution in [0.3, 0.4) is 0 Å². The molecule has 0 saturated carbocycles. The zero-order chi connectivity index (χ0) is 17.3. The average Bonchev–Trinajstić information content (AvgIpc) is 2.91. The Bertz CT molecular complexity index is 932. The second kappa shape index (κ2) is 6.07. The van der Waals surface area contributed by atoms with Gasteiger partial charge in [0.25, 0.3) is 0 Å². The third-order valence-electron chi connectivity index (χ3n) is 3.39. The molecule has 0 fully saturated rings. The van der Waals surface area contributed by atoms with Crippen molar-refractivity contribution in [1.82, 2.24) is 9.38 Å². The summed E-state index contributed by atoms with van der Waals surface area (Å²) in [4.78, 5) is 17.2. The smallest absolute Gasteiger partial charge is 0.358 e. The van der Waals surface area contributed by atoms with Crippen LogP contribution in [0, 0.1) is 5.82 Å². The number of aromatic carboxylic acids is 1. The van der Waals surface area contributed by atoms with Gasteiger partial charge in [0.2, 0.25) is 0 Å². The molecule has 8 heteroatoms. The predicted octanol–water partition coefficient (Wildman–Crippen LogP) is 3.65. The van der Waals surface area contributed by atoms with Gasteiger partial charge in [0, 0.05) is 26.0 Å². The van der Waals surface area contributed by atoms with Gasteiger partial charge in [-0.3, -0.25) is 4.40 Å². The van der Waals surface area contributed by atoms with E-state index in [2.05, 4.69) is 15.2 Å². The molecule has 0 unspecified atom stereocenters. The number of fused-ring (bicyclic) bond motifs is 1. The lowest BCUT2D eigenvalue weighted by atomic mass is 10.3. The van der Waals surface area contributed by atoms with Crippen molar-refractivity contribution in [3.05, 3.63) is 54.1 Å². The number of carbonyl (C=O) groups is 1. The fourth-order valence-electron chi connectivity index (χ4n) is 2.17. The standard InChI is InChI=1S/C16H14FN5O2/c1-21(2)12-6-4-11(5-7-12)19-20-15-14(16(23)24)18-13-8-3-10(17)9-22(13)15/h3-9H,1-2H3,(H,23,24). The number of carboxylic acids is 1. The van der Waals surface area contributed by atoms with Gasteiger partial charge in [0.15, 0.2) is 11.5 Å². The van der Waals surface area contributed by atoms with Gasteiger partial charge in [-0.1, -0.05) is 0 Å². The minimum Gasteiger partial charge on any atom is -0.476 e. The number of anilines is 1. The van der Waals surface area contributed by atoms with E-state index < -0.39 is 11.8 Å². The van der Waals surface area contributed by atoms with Gasteiger partial charge < -0.3 is 10.0 Å². The molecule has 122 valence electrons. The Morgan fingerprint density at radius 2 is 1.88 bits per heavy atom. The average molecular weight is 327 g/mol. The molecule has 0 spiro atoms. The van der Waals surface area contributed by atoms with Crippen LogP contribution in [0.25, 0.3) is 5.65 Å². The lowest BCUT2D eigenvalue weighted by Gasteiger charge is -2.11. The Kier molecular flexibility index (Phi) is 3.95. The Balaban J connectivity index is 2.03. The van der Waals surface area contributed by atoms with Crippen molar-refractivity contribution in [1.29, 1.82) is 0 Å². The van der Waals surface area contributed by atoms with Crippen LogP contribution in [-0.2, 0) is 0 Å². The molecule has 0 atom stereocenters. The monoisotopic (exact) mass is 327 g/mol. The maximum absolute atomic E-state index is 13.4. The molecule has 2 aromatic heterocycles. The molecule has 0 aliphatic carbocycles. The van der Waals surface area contributed by atoms with Gasteiger partial charge in [-0.2, -0.15) is 0 Å². The molecule has 1 N–H and O–H groups in total. The van der Waals surface area contributed by atoms with E-state index in [0.29, 0.717) is 5.69 Å². The Morgan fingerprint density at radius 3 is 2.50 bits per heavy atom. The van der Waals surface area contributed by atoms with Crippen LogP contribution in [0.1, 0.15) is 10.5 Å². The number of imidazole rings is 1. The van der Waals surface area contributed by atoms with Crippen molar-refractivity contribution in [2.24, 2.45) is 10.2 Å². The molecule has 0 bridgehead atoms. The predicted molar refractivity (Wildman–Crippen MR) is 87.1 cm³/mol. The fraction of sp³-hybridized carbons (Fsp3) is 0.125. The van der Waals surface area contributed by atoms with Crippen molar-refractivity contribution < 1.29 is 14.3 Å². The van der Waals surface area contributed by atoms with Crippen molar-refractivity contribution in [2.75, 3.05) is 19.0 Å². The van der Waals surface area contributed by atoms with Crippen molar-refractivity contribution in [3.63, 3.8) is 0 Å². The molecule has 24 heavy (non-hydrogen) atoms. The van der Waals surface area contributed by atoms with Crippen LogP contribution in [0.5, 0.6) is 0 Å². The first kappa shape index (κ1) is 15.6. The zero-order valence-electron chi connectivity index (χ0n) is 13.0. The molecule has 3 aromatic rings. The summed E-state index contributed by atoms with van der Waals surface area (Å²) in [5, 5.41) is 17.3. The highest BCUT2D eigenvalue weighted by molar-refractivity contribution is 5.91. The van der Waals surface area contributed by atoms with Gasteiger partial charge in [-0.15, -0.1) is 10.2 Å². The normalized spacial score (nSPS) is 11.3. The van der Waals surface area contributed by atoms with E-state index in [9.17, 15) is 14.3 Å². The van der Waals surface area contributed by atoms with E-state index in [-0.39, 0.29) is 17.2 Å². The van der Waals surface area contributed by atoms with E-state index in [0.717, 1.165) is 11.9 Å². The van der Waals surface area contributed by atoms with Gasteiger partial charge >= 0.3 is 5.97 Å².